The molecule has 0 radical (unpaired) electrons. The van der Waals surface area contributed by atoms with Crippen molar-refractivity contribution < 1.29 is 18.0 Å². The third kappa shape index (κ3) is 3.20. The Bertz CT molecular complexity index is 1460. The molecule has 5 rings (SSSR count). The molecule has 0 spiro atoms. The summed E-state index contributed by atoms with van der Waals surface area (Å²) in [5.41, 5.74) is 1.32. The topological polar surface area (TPSA) is 73.6 Å². The largest absolute Gasteiger partial charge is 0.298 e. The molecule has 3 heterocycles. The fraction of sp³-hybridized carbons (Fsp3) is 0.0455. The summed E-state index contributed by atoms with van der Waals surface area (Å²) in [5, 5.41) is 8.86. The molecule has 0 saturated heterocycles. The van der Waals surface area contributed by atoms with Gasteiger partial charge in [-0.3, -0.25) is 9.78 Å². The predicted octanol–water partition coefficient (Wildman–Crippen LogP) is 4.32. The van der Waals surface area contributed by atoms with Crippen LogP contribution in [0.25, 0.3) is 33.3 Å². The van der Waals surface area contributed by atoms with E-state index in [1.165, 1.54) is 16.8 Å². The number of nitrogens with zero attached hydrogens (tertiary/aromatic N) is 5. The first-order valence-electron chi connectivity index (χ1n) is 9.22. The molecular weight excluding hydrogens is 407 g/mol. The fourth-order valence-electron chi connectivity index (χ4n) is 3.45. The number of hydrogen-bond acceptors (Lipinski definition) is 5. The van der Waals surface area contributed by atoms with Crippen molar-refractivity contribution in [3.63, 3.8) is 0 Å². The van der Waals surface area contributed by atoms with Gasteiger partial charge in [0.25, 0.3) is 0 Å². The van der Waals surface area contributed by atoms with Gasteiger partial charge in [-0.2, -0.15) is 0 Å². The molecule has 0 fully saturated rings. The molecule has 0 aliphatic rings. The number of benzene rings is 2. The highest BCUT2D eigenvalue weighted by molar-refractivity contribution is 5.82. The highest BCUT2D eigenvalue weighted by atomic mass is 19.1. The van der Waals surface area contributed by atoms with E-state index < -0.39 is 23.0 Å². The average Bonchev–Trinajstić information content (AvgIpc) is 3.17. The molecule has 0 N–H and O–H groups in total. The van der Waals surface area contributed by atoms with Crippen molar-refractivity contribution >= 4 is 28.4 Å². The molecule has 31 heavy (non-hydrogen) atoms. The molecular formula is C22H12F3N5O. The highest BCUT2D eigenvalue weighted by Crippen LogP contribution is 2.25. The maximum absolute atomic E-state index is 14.6. The number of aromatic nitrogens is 5. The van der Waals surface area contributed by atoms with Crippen molar-refractivity contribution in [2.75, 3.05) is 0 Å². The van der Waals surface area contributed by atoms with E-state index in [2.05, 4.69) is 20.3 Å². The van der Waals surface area contributed by atoms with Crippen molar-refractivity contribution in [2.24, 2.45) is 0 Å². The van der Waals surface area contributed by atoms with Crippen LogP contribution in [0.4, 0.5) is 13.2 Å². The van der Waals surface area contributed by atoms with E-state index in [0.717, 1.165) is 17.5 Å². The van der Waals surface area contributed by atoms with Crippen LogP contribution in [-0.2, 0) is 6.54 Å². The zero-order valence-corrected chi connectivity index (χ0v) is 15.8. The predicted molar refractivity (Wildman–Crippen MR) is 107 cm³/mol. The Morgan fingerprint density at radius 2 is 1.77 bits per heavy atom. The molecule has 5 aromatic rings. The number of hydrogen-bond donors (Lipinski definition) is 0. The second kappa shape index (κ2) is 7.28. The maximum atomic E-state index is 14.6. The van der Waals surface area contributed by atoms with Crippen molar-refractivity contribution in [1.82, 2.24) is 25.0 Å². The second-order valence-electron chi connectivity index (χ2n) is 6.86. The molecule has 3 aromatic heterocycles. The Labute approximate surface area is 173 Å². The molecule has 0 aliphatic heterocycles. The quantitative estimate of drug-likeness (QED) is 0.406. The van der Waals surface area contributed by atoms with Crippen molar-refractivity contribution in [3.8, 4) is 11.3 Å². The van der Waals surface area contributed by atoms with E-state index in [1.54, 1.807) is 24.4 Å². The second-order valence-corrected chi connectivity index (χ2v) is 6.86. The lowest BCUT2D eigenvalue weighted by Crippen LogP contribution is -2.06. The van der Waals surface area contributed by atoms with E-state index in [-0.39, 0.29) is 24.1 Å². The first-order valence-corrected chi connectivity index (χ1v) is 9.22. The van der Waals surface area contributed by atoms with E-state index in [0.29, 0.717) is 22.2 Å². The van der Waals surface area contributed by atoms with Crippen LogP contribution >= 0.6 is 0 Å². The molecule has 0 aliphatic carbocycles. The number of rotatable bonds is 4. The first kappa shape index (κ1) is 18.9. The summed E-state index contributed by atoms with van der Waals surface area (Å²) >= 11 is 0. The van der Waals surface area contributed by atoms with E-state index >= 15 is 0 Å². The minimum absolute atomic E-state index is 0.0138. The fourth-order valence-corrected chi connectivity index (χ4v) is 3.45. The molecule has 0 saturated carbocycles. The van der Waals surface area contributed by atoms with Gasteiger partial charge in [-0.25, -0.2) is 22.8 Å². The summed E-state index contributed by atoms with van der Waals surface area (Å²) in [4.78, 5) is 19.5. The Morgan fingerprint density at radius 3 is 2.55 bits per heavy atom. The number of carbonyl (C=O) groups excluding carboxylic acids is 1. The minimum atomic E-state index is -0.984. The summed E-state index contributed by atoms with van der Waals surface area (Å²) in [6.45, 7) is 0.0138. The molecule has 6 nitrogen and oxygen atoms in total. The lowest BCUT2D eigenvalue weighted by atomic mass is 10.1. The first-order chi connectivity index (χ1) is 15.0. The number of aldehydes is 1. The van der Waals surface area contributed by atoms with Crippen LogP contribution < -0.4 is 0 Å². The summed E-state index contributed by atoms with van der Waals surface area (Å²) in [6.07, 6.45) is 1.70. The molecule has 152 valence electrons. The maximum Gasteiger partial charge on any atom is 0.179 e. The van der Waals surface area contributed by atoms with Gasteiger partial charge in [-0.15, -0.1) is 5.10 Å². The Balaban J connectivity index is 1.62. The molecule has 0 atom stereocenters. The van der Waals surface area contributed by atoms with E-state index in [1.807, 2.05) is 6.07 Å². The van der Waals surface area contributed by atoms with Crippen LogP contribution in [-0.4, -0.2) is 31.2 Å². The van der Waals surface area contributed by atoms with Crippen LogP contribution in [0.3, 0.4) is 0 Å². The number of fused-ring (bicyclic) bond motifs is 2. The van der Waals surface area contributed by atoms with Gasteiger partial charge in [0.1, 0.15) is 23.0 Å². The number of halogens is 3. The Morgan fingerprint density at radius 1 is 0.968 bits per heavy atom. The summed E-state index contributed by atoms with van der Waals surface area (Å²) in [7, 11) is 0. The number of pyridine rings is 2. The van der Waals surface area contributed by atoms with Gasteiger partial charge < -0.3 is 0 Å². The lowest BCUT2D eigenvalue weighted by Gasteiger charge is -2.08. The zero-order chi connectivity index (χ0) is 21.5. The van der Waals surface area contributed by atoms with Crippen LogP contribution in [0.2, 0.25) is 0 Å². The third-order valence-corrected chi connectivity index (χ3v) is 4.98. The normalized spacial score (nSPS) is 11.3. The summed E-state index contributed by atoms with van der Waals surface area (Å²) in [6, 6.07) is 11.8. The smallest absolute Gasteiger partial charge is 0.179 e. The van der Waals surface area contributed by atoms with Gasteiger partial charge in [0.15, 0.2) is 11.9 Å². The van der Waals surface area contributed by atoms with Crippen molar-refractivity contribution in [3.05, 3.63) is 83.3 Å². The number of carbonyl (C=O) groups is 1. The molecule has 0 bridgehead atoms. The molecule has 0 amide bonds. The van der Waals surface area contributed by atoms with Gasteiger partial charge in [-0.05, 0) is 42.5 Å². The van der Waals surface area contributed by atoms with Crippen molar-refractivity contribution in [2.45, 2.75) is 6.54 Å². The average molecular weight is 419 g/mol. The minimum Gasteiger partial charge on any atom is -0.298 e. The third-order valence-electron chi connectivity index (χ3n) is 4.98. The van der Waals surface area contributed by atoms with Gasteiger partial charge >= 0.3 is 0 Å². The van der Waals surface area contributed by atoms with Crippen LogP contribution in [0.5, 0.6) is 0 Å². The van der Waals surface area contributed by atoms with Crippen LogP contribution in [0, 0.1) is 17.5 Å². The zero-order valence-electron chi connectivity index (χ0n) is 15.8. The van der Waals surface area contributed by atoms with Gasteiger partial charge in [0, 0.05) is 22.7 Å². The van der Waals surface area contributed by atoms with Crippen LogP contribution in [0.1, 0.15) is 15.9 Å². The SMILES string of the molecule is O=Cc1c(F)cc(-c2ccc3nnn(Cc4c(F)ccc5cccnc45)c3n2)cc1F. The standard InChI is InChI=1S/C22H12F3N5O/c23-16-4-3-12-2-1-7-26-21(12)14(16)10-30-22-20(28-29-30)6-5-19(27-22)13-8-17(24)15(11-31)18(25)9-13/h1-9,11H,10H2. The Kier molecular flexibility index (Phi) is 4.43. The molecule has 0 unspecified atom stereocenters. The van der Waals surface area contributed by atoms with Crippen molar-refractivity contribution in [1.29, 1.82) is 0 Å². The van der Waals surface area contributed by atoms with Crippen LogP contribution in [0.15, 0.2) is 54.7 Å². The highest BCUT2D eigenvalue weighted by Gasteiger charge is 2.16. The van der Waals surface area contributed by atoms with Gasteiger partial charge in [0.05, 0.1) is 23.3 Å². The molecule has 2 aromatic carbocycles. The monoisotopic (exact) mass is 419 g/mol. The molecule has 9 heteroatoms. The van der Waals surface area contributed by atoms with E-state index in [9.17, 15) is 18.0 Å². The Hall–Kier alpha value is -4.14. The summed E-state index contributed by atoms with van der Waals surface area (Å²) < 4.78 is 44.0. The van der Waals surface area contributed by atoms with E-state index in [4.69, 9.17) is 0 Å². The summed E-state index contributed by atoms with van der Waals surface area (Å²) in [5.74, 6) is -2.41. The van der Waals surface area contributed by atoms with Gasteiger partial charge in [0.2, 0.25) is 0 Å². The lowest BCUT2D eigenvalue weighted by molar-refractivity contribution is 0.111. The van der Waals surface area contributed by atoms with Gasteiger partial charge in [-0.1, -0.05) is 11.3 Å².